The quantitative estimate of drug-likeness (QED) is 0.607. The Morgan fingerprint density at radius 2 is 1.84 bits per heavy atom. The lowest BCUT2D eigenvalue weighted by atomic mass is 10.0. The maximum Gasteiger partial charge on any atom is 0.244 e. The van der Waals surface area contributed by atoms with E-state index in [0.717, 1.165) is 12.0 Å². The van der Waals surface area contributed by atoms with Crippen LogP contribution in [0.25, 0.3) is 0 Å². The lowest BCUT2D eigenvalue weighted by Gasteiger charge is -2.22. The fourth-order valence-electron chi connectivity index (χ4n) is 3.63. The predicted octanol–water partition coefficient (Wildman–Crippen LogP) is 5.19. The summed E-state index contributed by atoms with van der Waals surface area (Å²) in [6.07, 6.45) is 1.01. The highest BCUT2D eigenvalue weighted by Gasteiger charge is 2.26. The number of fused-ring (bicyclic) bond motifs is 1. The number of carbonyl (C=O) groups excluding carboxylic acids is 2. The first-order valence-electron chi connectivity index (χ1n) is 10.6. The molecule has 0 spiro atoms. The van der Waals surface area contributed by atoms with Crippen molar-refractivity contribution in [2.24, 2.45) is 4.99 Å². The Morgan fingerprint density at radius 1 is 1.09 bits per heavy atom. The number of para-hydroxylation sites is 2. The number of carbonyl (C=O) groups is 2. The van der Waals surface area contributed by atoms with Gasteiger partial charge in [-0.15, -0.1) is 0 Å². The Bertz CT molecular complexity index is 1200. The molecule has 162 valence electrons. The summed E-state index contributed by atoms with van der Waals surface area (Å²) in [4.78, 5) is 32.1. The van der Waals surface area contributed by atoms with Gasteiger partial charge in [0.1, 0.15) is 12.4 Å². The van der Waals surface area contributed by atoms with Gasteiger partial charge >= 0.3 is 0 Å². The number of aryl methyl sites for hydroxylation is 2. The summed E-state index contributed by atoms with van der Waals surface area (Å²) in [5.41, 5.74) is 4.80. The Morgan fingerprint density at radius 3 is 2.56 bits per heavy atom. The molecule has 0 saturated carbocycles. The molecule has 0 aliphatic carbocycles. The molecule has 0 radical (unpaired) electrons. The topological polar surface area (TPSA) is 61.8 Å². The number of hydrogen-bond acceptors (Lipinski definition) is 3. The van der Waals surface area contributed by atoms with Crippen LogP contribution in [0.1, 0.15) is 30.0 Å². The van der Waals surface area contributed by atoms with Crippen LogP contribution in [0.5, 0.6) is 0 Å². The molecule has 1 N–H and O–H groups in total. The van der Waals surface area contributed by atoms with Crippen molar-refractivity contribution in [3.8, 4) is 0 Å². The average molecular weight is 429 g/mol. The van der Waals surface area contributed by atoms with Crippen LogP contribution in [0.3, 0.4) is 0 Å². The number of rotatable bonds is 5. The van der Waals surface area contributed by atoms with E-state index in [4.69, 9.17) is 4.99 Å². The SMILES string of the molecule is CCc1ccc(C2=Nc3ccccc3N(CC(=O)Nc3ccc(C)c(F)c3)C(=O)C2)cc1. The minimum Gasteiger partial charge on any atom is -0.324 e. The number of nitrogens with one attached hydrogen (secondary N) is 1. The van der Waals surface area contributed by atoms with Crippen molar-refractivity contribution in [3.05, 3.63) is 89.2 Å². The van der Waals surface area contributed by atoms with Gasteiger partial charge in [-0.3, -0.25) is 14.6 Å². The maximum atomic E-state index is 13.8. The number of halogens is 1. The first-order valence-corrected chi connectivity index (χ1v) is 10.6. The Hall–Kier alpha value is -3.80. The molecule has 1 aliphatic rings. The van der Waals surface area contributed by atoms with E-state index in [-0.39, 0.29) is 18.9 Å². The van der Waals surface area contributed by atoms with E-state index in [1.807, 2.05) is 42.5 Å². The molecular weight excluding hydrogens is 405 g/mol. The van der Waals surface area contributed by atoms with Crippen LogP contribution < -0.4 is 10.2 Å². The summed E-state index contributed by atoms with van der Waals surface area (Å²) in [5.74, 6) is -1.03. The monoisotopic (exact) mass is 429 g/mol. The van der Waals surface area contributed by atoms with Gasteiger partial charge in [0.05, 0.1) is 23.5 Å². The molecule has 0 unspecified atom stereocenters. The number of amides is 2. The number of aliphatic imine (C=N–C) groups is 1. The first-order chi connectivity index (χ1) is 15.4. The summed E-state index contributed by atoms with van der Waals surface area (Å²) < 4.78 is 13.8. The molecule has 0 atom stereocenters. The van der Waals surface area contributed by atoms with Crippen molar-refractivity contribution in [2.75, 3.05) is 16.8 Å². The van der Waals surface area contributed by atoms with Crippen LogP contribution in [-0.4, -0.2) is 24.1 Å². The third-order valence-corrected chi connectivity index (χ3v) is 5.50. The third-order valence-electron chi connectivity index (χ3n) is 5.50. The van der Waals surface area contributed by atoms with Crippen LogP contribution in [0.4, 0.5) is 21.5 Å². The van der Waals surface area contributed by atoms with Crippen molar-refractivity contribution in [1.82, 2.24) is 0 Å². The molecule has 0 bridgehead atoms. The molecule has 32 heavy (non-hydrogen) atoms. The zero-order chi connectivity index (χ0) is 22.7. The van der Waals surface area contributed by atoms with E-state index < -0.39 is 11.7 Å². The Labute approximate surface area is 186 Å². The van der Waals surface area contributed by atoms with E-state index >= 15 is 0 Å². The molecule has 0 fully saturated rings. The van der Waals surface area contributed by atoms with E-state index in [1.54, 1.807) is 25.1 Å². The highest BCUT2D eigenvalue weighted by molar-refractivity contribution is 6.19. The van der Waals surface area contributed by atoms with Gasteiger partial charge < -0.3 is 10.2 Å². The normalized spacial score (nSPS) is 13.3. The van der Waals surface area contributed by atoms with Gasteiger partial charge in [-0.2, -0.15) is 0 Å². The molecular formula is C26H24FN3O2. The highest BCUT2D eigenvalue weighted by Crippen LogP contribution is 2.33. The number of nitrogens with zero attached hydrogens (tertiary/aromatic N) is 2. The van der Waals surface area contributed by atoms with Crippen LogP contribution in [-0.2, 0) is 16.0 Å². The second-order valence-electron chi connectivity index (χ2n) is 7.77. The summed E-state index contributed by atoms with van der Waals surface area (Å²) >= 11 is 0. The summed E-state index contributed by atoms with van der Waals surface area (Å²) in [7, 11) is 0. The van der Waals surface area contributed by atoms with Gasteiger partial charge in [-0.1, -0.05) is 49.4 Å². The standard InChI is InChI=1S/C26H24FN3O2/c1-3-18-9-11-19(12-10-18)23-15-26(32)30(24-7-5-4-6-22(24)29-23)16-25(31)28-20-13-8-17(2)21(27)14-20/h4-14H,3,15-16H2,1-2H3,(H,28,31). The third kappa shape index (κ3) is 4.59. The minimum absolute atomic E-state index is 0.0760. The Balaban J connectivity index is 1.59. The number of benzene rings is 3. The van der Waals surface area contributed by atoms with Crippen molar-refractivity contribution in [3.63, 3.8) is 0 Å². The second-order valence-corrected chi connectivity index (χ2v) is 7.77. The zero-order valence-electron chi connectivity index (χ0n) is 18.1. The van der Waals surface area contributed by atoms with Crippen LogP contribution in [0, 0.1) is 12.7 Å². The van der Waals surface area contributed by atoms with Crippen molar-refractivity contribution < 1.29 is 14.0 Å². The smallest absolute Gasteiger partial charge is 0.244 e. The molecule has 3 aromatic rings. The molecule has 2 amide bonds. The van der Waals surface area contributed by atoms with E-state index in [1.165, 1.54) is 16.5 Å². The molecule has 0 saturated heterocycles. The largest absolute Gasteiger partial charge is 0.324 e. The molecule has 4 rings (SSSR count). The van der Waals surface area contributed by atoms with Crippen molar-refractivity contribution in [2.45, 2.75) is 26.7 Å². The van der Waals surface area contributed by atoms with Crippen LogP contribution in [0.2, 0.25) is 0 Å². The fraction of sp³-hybridized carbons (Fsp3) is 0.192. The van der Waals surface area contributed by atoms with Gasteiger partial charge in [0, 0.05) is 5.69 Å². The van der Waals surface area contributed by atoms with Crippen LogP contribution >= 0.6 is 0 Å². The molecule has 1 heterocycles. The lowest BCUT2D eigenvalue weighted by Crippen LogP contribution is -2.38. The Kier molecular flexibility index (Phi) is 6.12. The first kappa shape index (κ1) is 21.4. The van der Waals surface area contributed by atoms with Gasteiger partial charge in [-0.25, -0.2) is 4.39 Å². The summed E-state index contributed by atoms with van der Waals surface area (Å²) in [6.45, 7) is 3.55. The van der Waals surface area contributed by atoms with Gasteiger partial charge in [0.25, 0.3) is 0 Å². The van der Waals surface area contributed by atoms with E-state index in [2.05, 4.69) is 12.2 Å². The van der Waals surface area contributed by atoms with Crippen molar-refractivity contribution in [1.29, 1.82) is 0 Å². The van der Waals surface area contributed by atoms with Crippen LogP contribution in [0.15, 0.2) is 71.7 Å². The summed E-state index contributed by atoms with van der Waals surface area (Å²) in [6, 6.07) is 19.8. The number of anilines is 2. The average Bonchev–Trinajstić information content (AvgIpc) is 2.93. The molecule has 1 aliphatic heterocycles. The molecule has 0 aromatic heterocycles. The molecule has 6 heteroatoms. The van der Waals surface area contributed by atoms with E-state index in [0.29, 0.717) is 28.3 Å². The zero-order valence-corrected chi connectivity index (χ0v) is 18.1. The fourth-order valence-corrected chi connectivity index (χ4v) is 3.63. The minimum atomic E-state index is -0.410. The van der Waals surface area contributed by atoms with Gasteiger partial charge in [0.2, 0.25) is 11.8 Å². The maximum absolute atomic E-state index is 13.8. The molecule has 3 aromatic carbocycles. The van der Waals surface area contributed by atoms with Gasteiger partial charge in [-0.05, 0) is 54.3 Å². The van der Waals surface area contributed by atoms with Crippen molar-refractivity contribution >= 4 is 34.6 Å². The predicted molar refractivity (Wildman–Crippen MR) is 125 cm³/mol. The second kappa shape index (κ2) is 9.14. The summed E-state index contributed by atoms with van der Waals surface area (Å²) in [5, 5.41) is 2.67. The lowest BCUT2D eigenvalue weighted by molar-refractivity contribution is -0.120. The van der Waals surface area contributed by atoms with E-state index in [9.17, 15) is 14.0 Å². The highest BCUT2D eigenvalue weighted by atomic mass is 19.1. The van der Waals surface area contributed by atoms with Gasteiger partial charge in [0.15, 0.2) is 0 Å². The molecule has 5 nitrogen and oxygen atoms in total. The number of hydrogen-bond donors (Lipinski definition) is 1.